The number of H-pyrrole nitrogens is 1. The van der Waals surface area contributed by atoms with E-state index in [1.165, 1.54) is 12.2 Å². The number of anilines is 1. The van der Waals surface area contributed by atoms with Gasteiger partial charge in [0, 0.05) is 129 Å². The molecular weight excluding hydrogens is 1070 g/mol. The number of rotatable bonds is 24. The Labute approximate surface area is 467 Å². The van der Waals surface area contributed by atoms with E-state index in [1.807, 2.05) is 69.4 Å². The maximum absolute atomic E-state index is 14.5. The van der Waals surface area contributed by atoms with Gasteiger partial charge in [0.15, 0.2) is 11.6 Å². The second kappa shape index (κ2) is 26.3. The number of aromatic amines is 1. The molecule has 0 spiro atoms. The number of carbonyl (C=O) groups is 9. The molecule has 8 rings (SSSR count). The molecule has 0 aliphatic carbocycles. The van der Waals surface area contributed by atoms with Gasteiger partial charge < -0.3 is 46.1 Å². The third-order valence-electron chi connectivity index (χ3n) is 15.0. The normalized spacial score (nSPS) is 16.1. The zero-order chi connectivity index (χ0) is 56.3. The number of alkyl halides is 1. The molecule has 5 aromatic rings. The third-order valence-corrected chi connectivity index (χ3v) is 15.8. The van der Waals surface area contributed by atoms with Gasteiger partial charge in [-0.2, -0.15) is 0 Å². The van der Waals surface area contributed by atoms with Gasteiger partial charge in [-0.1, -0.05) is 84.4 Å². The van der Waals surface area contributed by atoms with Crippen molar-refractivity contribution >= 4 is 96.5 Å². The van der Waals surface area contributed by atoms with Crippen molar-refractivity contribution in [3.05, 3.63) is 119 Å². The van der Waals surface area contributed by atoms with Crippen LogP contribution in [0.15, 0.2) is 91.0 Å². The number of amides is 8. The first kappa shape index (κ1) is 57.5. The van der Waals surface area contributed by atoms with Crippen molar-refractivity contribution in [1.82, 2.24) is 35.6 Å². The zero-order valence-electron chi connectivity index (χ0n) is 44.8. The smallest absolute Gasteiger partial charge is 0.409 e. The second-order valence-corrected chi connectivity index (χ2v) is 21.6. The first-order valence-corrected chi connectivity index (χ1v) is 28.1. The minimum atomic E-state index is -0.873. The van der Waals surface area contributed by atoms with Crippen LogP contribution in [0.4, 0.5) is 15.3 Å². The third kappa shape index (κ3) is 14.3. The monoisotopic (exact) mass is 1140 g/mol. The van der Waals surface area contributed by atoms with Crippen molar-refractivity contribution in [2.75, 3.05) is 69.6 Å². The van der Waals surface area contributed by atoms with E-state index in [9.17, 15) is 43.2 Å². The van der Waals surface area contributed by atoms with Crippen LogP contribution >= 0.6 is 15.9 Å². The average molecular weight is 1140 g/mol. The lowest BCUT2D eigenvalue weighted by molar-refractivity contribution is -0.137. The SMILES string of the molecule is CC(C)[C@H](CCCNC(=O)CCCN1C(=O)C=CC1=O)C(=O)N[C@@H](CCCNC(N)=O)C(=O)Cc1ccc(C(=O)Cc2ccc3[nH]c(C(=O)N4C[C@@H](CBr)c5c4cc(OC(=O)N4CCN(C)CC4)c4ccccc54)cc3c2)cc1. The number of primary amides is 1. The number of nitrogens with two attached hydrogens (primary N) is 1. The molecule has 0 bridgehead atoms. The molecule has 79 heavy (non-hydrogen) atoms. The van der Waals surface area contributed by atoms with Gasteiger partial charge in [0.25, 0.3) is 17.7 Å². The van der Waals surface area contributed by atoms with Crippen LogP contribution in [-0.4, -0.2) is 144 Å². The van der Waals surface area contributed by atoms with Gasteiger partial charge in [-0.15, -0.1) is 0 Å². The Balaban J connectivity index is 0.871. The second-order valence-electron chi connectivity index (χ2n) is 20.9. The number of ketones is 2. The van der Waals surface area contributed by atoms with Gasteiger partial charge in [-0.3, -0.25) is 38.5 Å². The molecule has 20 heteroatoms. The maximum atomic E-state index is 14.5. The average Bonchev–Trinajstić information content (AvgIpc) is 4.36. The van der Waals surface area contributed by atoms with Gasteiger partial charge in [0.05, 0.1) is 11.7 Å². The minimum absolute atomic E-state index is 0.0156. The van der Waals surface area contributed by atoms with Crippen LogP contribution in [0.2, 0.25) is 0 Å². The Morgan fingerprint density at radius 1 is 0.797 bits per heavy atom. The molecule has 3 atom stereocenters. The number of hydrogen-bond donors (Lipinski definition) is 5. The highest BCUT2D eigenvalue weighted by Gasteiger charge is 2.36. The van der Waals surface area contributed by atoms with E-state index in [2.05, 4.69) is 41.8 Å². The number of aromatic nitrogens is 1. The lowest BCUT2D eigenvalue weighted by atomic mass is 9.89. The van der Waals surface area contributed by atoms with Crippen LogP contribution in [0, 0.1) is 11.8 Å². The van der Waals surface area contributed by atoms with Crippen molar-refractivity contribution in [2.45, 2.75) is 77.2 Å². The number of benzene rings is 4. The first-order chi connectivity index (χ1) is 38.0. The Hall–Kier alpha value is -7.71. The molecule has 4 aromatic carbocycles. The lowest BCUT2D eigenvalue weighted by Crippen LogP contribution is -2.48. The number of halogens is 1. The highest BCUT2D eigenvalue weighted by atomic mass is 79.9. The van der Waals surface area contributed by atoms with Crippen LogP contribution in [0.5, 0.6) is 5.75 Å². The molecule has 1 fully saturated rings. The summed E-state index contributed by atoms with van der Waals surface area (Å²) in [5.74, 6) is -2.12. The van der Waals surface area contributed by atoms with Crippen molar-refractivity contribution in [3.63, 3.8) is 0 Å². The Morgan fingerprint density at radius 3 is 2.18 bits per heavy atom. The molecule has 0 unspecified atom stereocenters. The van der Waals surface area contributed by atoms with Gasteiger partial charge in [0.1, 0.15) is 11.4 Å². The van der Waals surface area contributed by atoms with E-state index < -0.39 is 35.9 Å². The molecule has 19 nitrogen and oxygen atoms in total. The largest absolute Gasteiger partial charge is 0.415 e. The first-order valence-electron chi connectivity index (χ1n) is 27.0. The fraction of sp³-hybridized carbons (Fsp3) is 0.407. The molecule has 0 saturated carbocycles. The van der Waals surface area contributed by atoms with E-state index in [1.54, 1.807) is 40.1 Å². The molecule has 1 aromatic heterocycles. The van der Waals surface area contributed by atoms with Gasteiger partial charge in [0.2, 0.25) is 11.8 Å². The topological polar surface area (TPSA) is 254 Å². The van der Waals surface area contributed by atoms with Gasteiger partial charge in [-0.25, -0.2) is 9.59 Å². The quantitative estimate of drug-likeness (QED) is 0.0192. The van der Waals surface area contributed by atoms with E-state index >= 15 is 0 Å². The maximum Gasteiger partial charge on any atom is 0.415 e. The van der Waals surface area contributed by atoms with E-state index in [4.69, 9.17) is 10.5 Å². The molecule has 6 N–H and O–H groups in total. The number of nitrogens with one attached hydrogen (secondary N) is 4. The van der Waals surface area contributed by atoms with Crippen LogP contribution < -0.4 is 31.3 Å². The number of imide groups is 1. The van der Waals surface area contributed by atoms with Crippen LogP contribution in [0.25, 0.3) is 21.7 Å². The fourth-order valence-corrected chi connectivity index (χ4v) is 11.0. The predicted octanol–water partition coefficient (Wildman–Crippen LogP) is 6.55. The number of ether oxygens (including phenoxy) is 1. The van der Waals surface area contributed by atoms with Gasteiger partial charge >= 0.3 is 12.1 Å². The summed E-state index contributed by atoms with van der Waals surface area (Å²) in [5, 5.41) is 11.4. The van der Waals surface area contributed by atoms with E-state index in [-0.39, 0.29) is 79.9 Å². The molecule has 3 aliphatic heterocycles. The number of fused-ring (bicyclic) bond motifs is 4. The molecule has 416 valence electrons. The Morgan fingerprint density at radius 2 is 1.48 bits per heavy atom. The van der Waals surface area contributed by atoms with Crippen LogP contribution in [0.1, 0.15) is 95.8 Å². The molecular formula is C59H68BrN9O10. The fourth-order valence-electron chi connectivity index (χ4n) is 10.5. The van der Waals surface area contributed by atoms with Crippen molar-refractivity contribution in [2.24, 2.45) is 17.6 Å². The summed E-state index contributed by atoms with van der Waals surface area (Å²) in [6, 6.07) is 22.2. The minimum Gasteiger partial charge on any atom is -0.409 e. The van der Waals surface area contributed by atoms with Crippen LogP contribution in [-0.2, 0) is 36.8 Å². The summed E-state index contributed by atoms with van der Waals surface area (Å²) in [6.07, 6.45) is 4.05. The molecule has 3 aliphatic rings. The standard InChI is InChI=1S/C59H68BrN9O10/c1-36(2)42(11-6-22-62-52(72)13-8-24-68-53(73)20-21-54(68)74)56(75)65-46(12-7-23-63-58(61)77)50(71)30-37-14-17-39(18-15-37)49(70)31-38-16-19-45-40(29-38)32-47(64-45)57(76)69-35-41(34-60)55-44-10-5-4-9-43(44)51(33-48(55)69)79-59(78)67-27-25-66(3)26-28-67/h4-5,9-10,14-21,29,32-33,36,41-42,46,64H,6-8,11-13,22-28,30-31,34-35H2,1-3H3,(H,62,72)(H,65,75)(H3,61,63,77)/t41-,42+,46+/m1/s1. The summed E-state index contributed by atoms with van der Waals surface area (Å²) in [6.45, 7) is 7.54. The summed E-state index contributed by atoms with van der Waals surface area (Å²) >= 11 is 3.69. The number of Topliss-reactive ketones (excluding diaryl/α,β-unsaturated/α-hetero) is 2. The Kier molecular flexibility index (Phi) is 19.1. The van der Waals surface area contributed by atoms with E-state index in [0.717, 1.165) is 50.8 Å². The number of urea groups is 1. The highest BCUT2D eigenvalue weighted by Crippen LogP contribution is 2.46. The summed E-state index contributed by atoms with van der Waals surface area (Å²) in [4.78, 5) is 127. The molecule has 4 heterocycles. The number of likely N-dealkylation sites (N-methyl/N-ethyl adjacent to an activating group) is 1. The number of hydrogen-bond acceptors (Lipinski definition) is 11. The summed E-state index contributed by atoms with van der Waals surface area (Å²) < 4.78 is 6.09. The summed E-state index contributed by atoms with van der Waals surface area (Å²) in [7, 11) is 2.02. The number of piperazine rings is 1. The predicted molar refractivity (Wildman–Crippen MR) is 303 cm³/mol. The van der Waals surface area contributed by atoms with Crippen molar-refractivity contribution in [3.8, 4) is 5.75 Å². The van der Waals surface area contributed by atoms with E-state index in [0.29, 0.717) is 85.5 Å². The summed E-state index contributed by atoms with van der Waals surface area (Å²) in [5.41, 5.74) is 9.88. The van der Waals surface area contributed by atoms with Gasteiger partial charge in [-0.05, 0) is 85.3 Å². The molecule has 8 amide bonds. The number of nitrogens with zero attached hydrogens (tertiary/aromatic N) is 4. The lowest BCUT2D eigenvalue weighted by Gasteiger charge is -2.31. The van der Waals surface area contributed by atoms with Crippen LogP contribution in [0.3, 0.4) is 0 Å². The zero-order valence-corrected chi connectivity index (χ0v) is 46.4. The Bertz CT molecular complexity index is 3150. The number of carbonyl (C=O) groups excluding carboxylic acids is 9. The van der Waals surface area contributed by atoms with Crippen molar-refractivity contribution in [1.29, 1.82) is 0 Å². The molecule has 0 radical (unpaired) electrons. The highest BCUT2D eigenvalue weighted by molar-refractivity contribution is 9.09. The van der Waals surface area contributed by atoms with Crippen molar-refractivity contribution < 1.29 is 47.9 Å². The molecule has 1 saturated heterocycles.